The summed E-state index contributed by atoms with van der Waals surface area (Å²) < 4.78 is 54.6. The Kier molecular flexibility index (Phi) is 7.19. The van der Waals surface area contributed by atoms with Crippen molar-refractivity contribution in [3.8, 4) is 11.1 Å². The number of likely N-dealkylation sites (tertiary alicyclic amines) is 1. The molecule has 0 saturated carbocycles. The molecule has 2 heterocycles. The van der Waals surface area contributed by atoms with Gasteiger partial charge in [0, 0.05) is 40.2 Å². The molecule has 0 unspecified atom stereocenters. The fourth-order valence-corrected chi connectivity index (χ4v) is 6.28. The summed E-state index contributed by atoms with van der Waals surface area (Å²) in [7, 11) is 0. The van der Waals surface area contributed by atoms with Crippen LogP contribution in [0.25, 0.3) is 21.2 Å². The van der Waals surface area contributed by atoms with Crippen LogP contribution in [0.15, 0.2) is 66.7 Å². The van der Waals surface area contributed by atoms with Crippen LogP contribution in [0, 0.1) is 12.8 Å². The Morgan fingerprint density at radius 2 is 1.76 bits per heavy atom. The maximum Gasteiger partial charge on any atom is 0.417 e. The van der Waals surface area contributed by atoms with Gasteiger partial charge in [-0.15, -0.1) is 11.3 Å². The molecule has 4 aromatic rings. The molecule has 0 N–H and O–H groups in total. The van der Waals surface area contributed by atoms with Gasteiger partial charge in [0.1, 0.15) is 0 Å². The Balaban J connectivity index is 1.45. The van der Waals surface area contributed by atoms with Gasteiger partial charge in [0.25, 0.3) is 0 Å². The van der Waals surface area contributed by atoms with E-state index in [1.807, 2.05) is 49.4 Å². The summed E-state index contributed by atoms with van der Waals surface area (Å²) in [5.41, 5.74) is 2.39. The molecule has 192 valence electrons. The summed E-state index contributed by atoms with van der Waals surface area (Å²) in [6.07, 6.45) is -2.77. The molecule has 0 radical (unpaired) electrons. The molecule has 0 aliphatic carbocycles. The topological polar surface area (TPSA) is 20.3 Å². The lowest BCUT2D eigenvalue weighted by Gasteiger charge is -2.37. The second-order valence-corrected chi connectivity index (χ2v) is 10.8. The molecular weight excluding hydrogens is 498 g/mol. The molecule has 1 aliphatic heterocycles. The molecule has 1 fully saturated rings. The van der Waals surface area contributed by atoms with Crippen LogP contribution < -0.4 is 0 Å². The zero-order valence-corrected chi connectivity index (χ0v) is 21.3. The highest BCUT2D eigenvalue weighted by molar-refractivity contribution is 7.21. The van der Waals surface area contributed by atoms with Crippen molar-refractivity contribution >= 4 is 27.2 Å². The van der Waals surface area contributed by atoms with Crippen LogP contribution >= 0.6 is 11.3 Å². The zero-order valence-electron chi connectivity index (χ0n) is 20.4. The number of benzene rings is 3. The first-order valence-electron chi connectivity index (χ1n) is 12.4. The van der Waals surface area contributed by atoms with Crippen molar-refractivity contribution in [1.29, 1.82) is 0 Å². The molecule has 0 bridgehead atoms. The van der Waals surface area contributed by atoms with Crippen molar-refractivity contribution in [1.82, 2.24) is 4.90 Å². The van der Waals surface area contributed by atoms with Crippen LogP contribution in [-0.2, 0) is 12.6 Å². The van der Waals surface area contributed by atoms with Crippen molar-refractivity contribution in [2.45, 2.75) is 25.9 Å². The Morgan fingerprint density at radius 3 is 2.46 bits per heavy atom. The average molecular weight is 526 g/mol. The van der Waals surface area contributed by atoms with Gasteiger partial charge >= 0.3 is 6.18 Å². The highest BCUT2D eigenvalue weighted by atomic mass is 32.1. The van der Waals surface area contributed by atoms with Crippen molar-refractivity contribution in [3.63, 3.8) is 0 Å². The van der Waals surface area contributed by atoms with Crippen molar-refractivity contribution < 1.29 is 22.4 Å². The molecule has 3 aromatic carbocycles. The SMILES string of the molecule is Cc1ccc2c(-c3ccc(CCCN4CC(CF)C4)cc3)c(C(=O)c3ccccc3C(F)(F)F)sc2c1. The van der Waals surface area contributed by atoms with Crippen LogP contribution in [-0.4, -0.2) is 37.0 Å². The predicted molar refractivity (Wildman–Crippen MR) is 141 cm³/mol. The zero-order chi connectivity index (χ0) is 26.2. The predicted octanol–water partition coefficient (Wildman–Crippen LogP) is 7.96. The highest BCUT2D eigenvalue weighted by Crippen LogP contribution is 2.42. The number of fused-ring (bicyclic) bond motifs is 1. The number of hydrogen-bond donors (Lipinski definition) is 0. The van der Waals surface area contributed by atoms with Gasteiger partial charge in [-0.2, -0.15) is 13.2 Å². The standard InChI is InChI=1S/C30H27F4NOS/c1-19-8-13-24-26(15-19)37-29(28(36)23-6-2-3-7-25(23)30(32,33)34)27(24)22-11-9-20(10-12-22)5-4-14-35-17-21(16-31)18-35/h2-3,6-13,15,21H,4-5,14,16-18H2,1H3. The van der Waals surface area contributed by atoms with Crippen molar-refractivity contribution in [3.05, 3.63) is 93.9 Å². The largest absolute Gasteiger partial charge is 0.417 e. The first-order valence-corrected chi connectivity index (χ1v) is 13.2. The van der Waals surface area contributed by atoms with Gasteiger partial charge in [-0.05, 0) is 55.1 Å². The smallest absolute Gasteiger partial charge is 0.302 e. The molecule has 1 saturated heterocycles. The van der Waals surface area contributed by atoms with Gasteiger partial charge < -0.3 is 4.90 Å². The van der Waals surface area contributed by atoms with E-state index in [2.05, 4.69) is 4.90 Å². The molecule has 37 heavy (non-hydrogen) atoms. The molecule has 7 heteroatoms. The molecule has 0 spiro atoms. The second-order valence-electron chi connectivity index (χ2n) is 9.76. The molecular formula is C30H27F4NOS. The number of thiophene rings is 1. The number of ketones is 1. The number of halogens is 4. The number of carbonyl (C=O) groups is 1. The first-order chi connectivity index (χ1) is 17.7. The fraction of sp³-hybridized carbons (Fsp3) is 0.300. The summed E-state index contributed by atoms with van der Waals surface area (Å²) in [5.74, 6) is -0.435. The van der Waals surface area contributed by atoms with E-state index < -0.39 is 17.5 Å². The van der Waals surface area contributed by atoms with Gasteiger partial charge in [0.15, 0.2) is 0 Å². The fourth-order valence-electron chi connectivity index (χ4n) is 5.00. The lowest BCUT2D eigenvalue weighted by molar-refractivity contribution is -0.137. The van der Waals surface area contributed by atoms with Crippen LogP contribution in [0.3, 0.4) is 0 Å². The second kappa shape index (κ2) is 10.4. The average Bonchev–Trinajstić information content (AvgIpc) is 3.23. The van der Waals surface area contributed by atoms with Crippen molar-refractivity contribution in [2.24, 2.45) is 5.92 Å². The number of alkyl halides is 4. The first kappa shape index (κ1) is 25.6. The third-order valence-corrected chi connectivity index (χ3v) is 8.11. The van der Waals surface area contributed by atoms with Gasteiger partial charge in [-0.1, -0.05) is 54.6 Å². The van der Waals surface area contributed by atoms with E-state index in [9.17, 15) is 22.4 Å². The molecule has 0 atom stereocenters. The number of hydrogen-bond acceptors (Lipinski definition) is 3. The number of aryl methyl sites for hydroxylation is 2. The monoisotopic (exact) mass is 525 g/mol. The minimum absolute atomic E-state index is 0.184. The number of carbonyl (C=O) groups excluding carboxylic acids is 1. The Labute approximate surface area is 217 Å². The molecule has 1 aromatic heterocycles. The maximum atomic E-state index is 13.7. The highest BCUT2D eigenvalue weighted by Gasteiger charge is 2.36. The molecule has 5 rings (SSSR count). The normalized spacial score (nSPS) is 14.7. The minimum Gasteiger partial charge on any atom is -0.302 e. The van der Waals surface area contributed by atoms with Gasteiger partial charge in [-0.3, -0.25) is 9.18 Å². The molecule has 2 nitrogen and oxygen atoms in total. The van der Waals surface area contributed by atoms with Gasteiger partial charge in [0.05, 0.1) is 17.1 Å². The third-order valence-electron chi connectivity index (χ3n) is 6.96. The summed E-state index contributed by atoms with van der Waals surface area (Å²) in [4.78, 5) is 16.2. The quantitative estimate of drug-likeness (QED) is 0.172. The third kappa shape index (κ3) is 5.34. The Bertz CT molecular complexity index is 1420. The van der Waals surface area contributed by atoms with Crippen LogP contribution in [0.1, 0.15) is 38.3 Å². The number of nitrogens with zero attached hydrogens (tertiary/aromatic N) is 1. The van der Waals surface area contributed by atoms with Gasteiger partial charge in [-0.25, -0.2) is 0 Å². The summed E-state index contributed by atoms with van der Waals surface area (Å²) in [6, 6.07) is 18.8. The molecule has 0 amide bonds. The Morgan fingerprint density at radius 1 is 1.03 bits per heavy atom. The van der Waals surface area contributed by atoms with E-state index in [1.165, 1.54) is 29.5 Å². The van der Waals surface area contributed by atoms with E-state index in [-0.39, 0.29) is 18.2 Å². The van der Waals surface area contributed by atoms with Gasteiger partial charge in [0.2, 0.25) is 5.78 Å². The lowest BCUT2D eigenvalue weighted by Crippen LogP contribution is -2.47. The number of rotatable bonds is 8. The Hall–Kier alpha value is -3.03. The van der Waals surface area contributed by atoms with E-state index in [0.29, 0.717) is 10.4 Å². The summed E-state index contributed by atoms with van der Waals surface area (Å²) >= 11 is 1.24. The van der Waals surface area contributed by atoms with E-state index in [0.717, 1.165) is 65.3 Å². The van der Waals surface area contributed by atoms with Crippen LogP contribution in [0.4, 0.5) is 17.6 Å². The lowest BCUT2D eigenvalue weighted by atomic mass is 9.94. The van der Waals surface area contributed by atoms with E-state index in [1.54, 1.807) is 0 Å². The van der Waals surface area contributed by atoms with Crippen LogP contribution in [0.5, 0.6) is 0 Å². The summed E-state index contributed by atoms with van der Waals surface area (Å²) in [5, 5.41) is 0.858. The van der Waals surface area contributed by atoms with E-state index >= 15 is 0 Å². The van der Waals surface area contributed by atoms with Crippen LogP contribution in [0.2, 0.25) is 0 Å². The van der Waals surface area contributed by atoms with Crippen molar-refractivity contribution in [2.75, 3.05) is 26.3 Å². The maximum absolute atomic E-state index is 13.7. The summed E-state index contributed by atoms with van der Waals surface area (Å²) in [6.45, 7) is 4.29. The minimum atomic E-state index is -4.62. The molecule has 1 aliphatic rings. The van der Waals surface area contributed by atoms with E-state index in [4.69, 9.17) is 0 Å².